The van der Waals surface area contributed by atoms with Gasteiger partial charge in [0.1, 0.15) is 0 Å². The summed E-state index contributed by atoms with van der Waals surface area (Å²) in [4.78, 5) is 8.96. The van der Waals surface area contributed by atoms with Gasteiger partial charge in [0, 0.05) is 11.4 Å². The van der Waals surface area contributed by atoms with Crippen LogP contribution in [0.4, 0.5) is 5.95 Å². The van der Waals surface area contributed by atoms with Gasteiger partial charge in [0.05, 0.1) is 18.8 Å². The van der Waals surface area contributed by atoms with Crippen molar-refractivity contribution in [1.82, 2.24) is 9.97 Å². The minimum atomic E-state index is 0.159. The van der Waals surface area contributed by atoms with Gasteiger partial charge in [-0.05, 0) is 37.3 Å². The van der Waals surface area contributed by atoms with Gasteiger partial charge in [0.15, 0.2) is 0 Å². The first kappa shape index (κ1) is 15.9. The van der Waals surface area contributed by atoms with Gasteiger partial charge in [-0.3, -0.25) is 0 Å². The predicted molar refractivity (Wildman–Crippen MR) is 92.3 cm³/mol. The maximum absolute atomic E-state index is 6.21. The number of rotatable bonds is 5. The third-order valence-electron chi connectivity index (χ3n) is 4.45. The lowest BCUT2D eigenvalue weighted by atomic mass is 9.65. The van der Waals surface area contributed by atoms with Crippen LogP contribution in [0.25, 0.3) is 0 Å². The molecule has 0 radical (unpaired) electrons. The van der Waals surface area contributed by atoms with Crippen LogP contribution >= 0.6 is 0 Å². The third kappa shape index (κ3) is 3.70. The number of hydrogen-bond acceptors (Lipinski definition) is 4. The van der Waals surface area contributed by atoms with Gasteiger partial charge in [-0.25, -0.2) is 9.97 Å². The van der Waals surface area contributed by atoms with E-state index in [1.165, 1.54) is 5.56 Å². The second kappa shape index (κ2) is 6.28. The molecule has 1 aliphatic carbocycles. The summed E-state index contributed by atoms with van der Waals surface area (Å²) in [5, 5.41) is 3.45. The Labute approximate surface area is 138 Å². The second-order valence-corrected chi connectivity index (χ2v) is 7.14. The molecule has 0 spiro atoms. The Kier molecular flexibility index (Phi) is 4.35. The highest BCUT2D eigenvalue weighted by Crippen LogP contribution is 2.44. The fraction of sp³-hybridized carbons (Fsp3) is 0.474. The first-order valence-electron chi connectivity index (χ1n) is 8.18. The maximum Gasteiger partial charge on any atom is 0.223 e. The van der Waals surface area contributed by atoms with E-state index in [1.54, 1.807) is 0 Å². The first-order valence-corrected chi connectivity index (χ1v) is 8.18. The van der Waals surface area contributed by atoms with E-state index in [0.717, 1.165) is 17.8 Å². The summed E-state index contributed by atoms with van der Waals surface area (Å²) in [6, 6.07) is 12.6. The highest BCUT2D eigenvalue weighted by molar-refractivity contribution is 5.32. The third-order valence-corrected chi connectivity index (χ3v) is 4.45. The van der Waals surface area contributed by atoms with E-state index >= 15 is 0 Å². The van der Waals surface area contributed by atoms with E-state index < -0.39 is 0 Å². The Morgan fingerprint density at radius 2 is 1.78 bits per heavy atom. The van der Waals surface area contributed by atoms with Gasteiger partial charge in [0.25, 0.3) is 0 Å². The Morgan fingerprint density at radius 3 is 2.39 bits per heavy atom. The van der Waals surface area contributed by atoms with Crippen molar-refractivity contribution < 1.29 is 4.74 Å². The molecule has 4 heteroatoms. The van der Waals surface area contributed by atoms with Crippen LogP contribution in [-0.2, 0) is 11.3 Å². The largest absolute Gasteiger partial charge is 0.371 e. The Hall–Kier alpha value is -1.94. The van der Waals surface area contributed by atoms with Crippen molar-refractivity contribution in [3.05, 3.63) is 53.3 Å². The SMILES string of the molecule is Cc1cc(C)nc(NC2CC(C)(C)C2OCc2ccccc2)n1. The minimum absolute atomic E-state index is 0.159. The highest BCUT2D eigenvalue weighted by atomic mass is 16.5. The normalized spacial score (nSPS) is 22.4. The van der Waals surface area contributed by atoms with Crippen molar-refractivity contribution in [2.75, 3.05) is 5.32 Å². The molecule has 1 aromatic heterocycles. The molecule has 3 rings (SSSR count). The molecule has 1 aromatic carbocycles. The molecule has 1 heterocycles. The summed E-state index contributed by atoms with van der Waals surface area (Å²) >= 11 is 0. The van der Waals surface area contributed by atoms with Crippen LogP contribution < -0.4 is 5.32 Å². The zero-order valence-corrected chi connectivity index (χ0v) is 14.3. The molecule has 1 aliphatic rings. The minimum Gasteiger partial charge on any atom is -0.371 e. The number of anilines is 1. The van der Waals surface area contributed by atoms with Gasteiger partial charge in [-0.2, -0.15) is 0 Å². The number of nitrogens with one attached hydrogen (secondary N) is 1. The van der Waals surface area contributed by atoms with Gasteiger partial charge in [-0.15, -0.1) is 0 Å². The molecule has 122 valence electrons. The number of benzene rings is 1. The molecule has 1 fully saturated rings. The number of hydrogen-bond donors (Lipinski definition) is 1. The number of ether oxygens (including phenoxy) is 1. The summed E-state index contributed by atoms with van der Waals surface area (Å²) in [6.45, 7) is 9.13. The molecule has 23 heavy (non-hydrogen) atoms. The topological polar surface area (TPSA) is 47.0 Å². The summed E-state index contributed by atoms with van der Waals surface area (Å²) in [5.41, 5.74) is 3.35. The molecule has 4 nitrogen and oxygen atoms in total. The summed E-state index contributed by atoms with van der Waals surface area (Å²) in [6.07, 6.45) is 1.22. The maximum atomic E-state index is 6.21. The Bertz CT molecular complexity index is 649. The van der Waals surface area contributed by atoms with Gasteiger partial charge in [-0.1, -0.05) is 44.2 Å². The number of aromatic nitrogens is 2. The van der Waals surface area contributed by atoms with Crippen molar-refractivity contribution in [1.29, 1.82) is 0 Å². The van der Waals surface area contributed by atoms with Crippen LogP contribution in [0.5, 0.6) is 0 Å². The zero-order valence-electron chi connectivity index (χ0n) is 14.3. The van der Waals surface area contributed by atoms with Crippen LogP contribution in [0.15, 0.2) is 36.4 Å². The number of nitrogens with zero attached hydrogens (tertiary/aromatic N) is 2. The molecule has 2 aromatic rings. The van der Waals surface area contributed by atoms with Crippen molar-refractivity contribution >= 4 is 5.95 Å². The molecule has 0 bridgehead atoms. The smallest absolute Gasteiger partial charge is 0.223 e. The predicted octanol–water partition coefficient (Wildman–Crippen LogP) is 3.89. The van der Waals surface area contributed by atoms with E-state index in [0.29, 0.717) is 12.6 Å². The van der Waals surface area contributed by atoms with Crippen molar-refractivity contribution in [2.45, 2.75) is 52.9 Å². The molecule has 1 N–H and O–H groups in total. The van der Waals surface area contributed by atoms with Gasteiger partial charge >= 0.3 is 0 Å². The molecule has 2 unspecified atom stereocenters. The van der Waals surface area contributed by atoms with E-state index in [4.69, 9.17) is 4.74 Å². The summed E-state index contributed by atoms with van der Waals surface area (Å²) in [7, 11) is 0. The lowest BCUT2D eigenvalue weighted by Gasteiger charge is -2.51. The molecule has 0 aliphatic heterocycles. The average molecular weight is 311 g/mol. The molecule has 0 saturated heterocycles. The molecular formula is C19H25N3O. The van der Waals surface area contributed by atoms with Crippen LogP contribution in [0, 0.1) is 19.3 Å². The van der Waals surface area contributed by atoms with Crippen LogP contribution in [-0.4, -0.2) is 22.1 Å². The molecule has 0 amide bonds. The van der Waals surface area contributed by atoms with Crippen LogP contribution in [0.2, 0.25) is 0 Å². The fourth-order valence-corrected chi connectivity index (χ4v) is 3.36. The summed E-state index contributed by atoms with van der Waals surface area (Å²) in [5.74, 6) is 0.705. The first-order chi connectivity index (χ1) is 10.9. The standard InChI is InChI=1S/C19H25N3O/c1-13-10-14(2)21-18(20-13)22-16-11-19(3,4)17(16)23-12-15-8-6-5-7-9-15/h5-10,16-17H,11-12H2,1-4H3,(H,20,21,22). The van der Waals surface area contributed by atoms with Crippen molar-refractivity contribution in [3.8, 4) is 0 Å². The highest BCUT2D eigenvalue weighted by Gasteiger charge is 2.48. The fourth-order valence-electron chi connectivity index (χ4n) is 3.36. The number of aryl methyl sites for hydroxylation is 2. The lowest BCUT2D eigenvalue weighted by molar-refractivity contribution is -0.110. The van der Waals surface area contributed by atoms with E-state index in [9.17, 15) is 0 Å². The lowest BCUT2D eigenvalue weighted by Crippen LogP contribution is -2.58. The molecular weight excluding hydrogens is 286 g/mol. The Balaban J connectivity index is 1.65. The zero-order chi connectivity index (χ0) is 16.4. The molecule has 2 atom stereocenters. The molecule has 1 saturated carbocycles. The van der Waals surface area contributed by atoms with E-state index in [2.05, 4.69) is 41.3 Å². The van der Waals surface area contributed by atoms with Gasteiger partial charge in [0.2, 0.25) is 5.95 Å². The van der Waals surface area contributed by atoms with Crippen molar-refractivity contribution in [2.24, 2.45) is 5.41 Å². The Morgan fingerprint density at radius 1 is 1.13 bits per heavy atom. The van der Waals surface area contributed by atoms with E-state index in [-0.39, 0.29) is 17.6 Å². The van der Waals surface area contributed by atoms with Crippen LogP contribution in [0.3, 0.4) is 0 Å². The monoisotopic (exact) mass is 311 g/mol. The summed E-state index contributed by atoms with van der Waals surface area (Å²) < 4.78 is 6.21. The van der Waals surface area contributed by atoms with E-state index in [1.807, 2.05) is 38.1 Å². The van der Waals surface area contributed by atoms with Crippen molar-refractivity contribution in [3.63, 3.8) is 0 Å². The quantitative estimate of drug-likeness (QED) is 0.910. The van der Waals surface area contributed by atoms with Gasteiger partial charge < -0.3 is 10.1 Å². The van der Waals surface area contributed by atoms with Crippen LogP contribution in [0.1, 0.15) is 37.2 Å². The second-order valence-electron chi connectivity index (χ2n) is 7.14. The average Bonchev–Trinajstić information content (AvgIpc) is 2.46.